The van der Waals surface area contributed by atoms with Crippen LogP contribution in [0.15, 0.2) is 23.2 Å². The minimum atomic E-state index is -0.807. The molecule has 0 aliphatic carbocycles. The highest BCUT2D eigenvalue weighted by atomic mass is 79.9. The van der Waals surface area contributed by atoms with Gasteiger partial charge < -0.3 is 9.51 Å². The smallest absolute Gasteiger partial charge is 0.303 e. The number of hydrogen-bond acceptors (Lipinski definition) is 3. The number of fused-ring (bicyclic) bond motifs is 1. The van der Waals surface area contributed by atoms with Crippen LogP contribution >= 0.6 is 15.9 Å². The van der Waals surface area contributed by atoms with Crippen LogP contribution in [0.4, 0.5) is 0 Å². The van der Waals surface area contributed by atoms with E-state index in [-0.39, 0.29) is 6.42 Å². The van der Waals surface area contributed by atoms with Gasteiger partial charge >= 0.3 is 5.97 Å². The topological polar surface area (TPSA) is 67.5 Å². The molecule has 0 fully saturated rings. The maximum absolute atomic E-state index is 10.4. The van der Waals surface area contributed by atoms with Crippen LogP contribution in [0.2, 0.25) is 0 Å². The van der Waals surface area contributed by atoms with Gasteiger partial charge in [-0.1, -0.05) is 0 Å². The summed E-state index contributed by atoms with van der Waals surface area (Å²) in [6, 6.07) is 0. The van der Waals surface area contributed by atoms with Crippen molar-refractivity contribution < 1.29 is 9.90 Å². The first kappa shape index (κ1) is 10.1. The van der Waals surface area contributed by atoms with Crippen molar-refractivity contribution in [2.75, 3.05) is 0 Å². The lowest BCUT2D eigenvalue weighted by molar-refractivity contribution is -0.136. The molecule has 0 aliphatic rings. The summed E-state index contributed by atoms with van der Waals surface area (Å²) in [6.45, 7) is 0. The van der Waals surface area contributed by atoms with Gasteiger partial charge in [-0.3, -0.25) is 4.79 Å². The molecule has 0 bridgehead atoms. The second kappa shape index (κ2) is 3.98. The highest BCUT2D eigenvalue weighted by Gasteiger charge is 2.06. The van der Waals surface area contributed by atoms with Crippen LogP contribution in [-0.4, -0.2) is 25.4 Å². The highest BCUT2D eigenvalue weighted by Crippen LogP contribution is 2.11. The number of halogens is 1. The first-order valence-corrected chi connectivity index (χ1v) is 5.15. The minimum Gasteiger partial charge on any atom is -0.481 e. The third-order valence-electron chi connectivity index (χ3n) is 2.04. The Morgan fingerprint density at radius 2 is 2.27 bits per heavy atom. The van der Waals surface area contributed by atoms with Crippen molar-refractivity contribution in [2.45, 2.75) is 12.8 Å². The van der Waals surface area contributed by atoms with Crippen LogP contribution in [0.1, 0.15) is 12.1 Å². The maximum Gasteiger partial charge on any atom is 0.303 e. The zero-order valence-electron chi connectivity index (χ0n) is 7.72. The quantitative estimate of drug-likeness (QED) is 0.917. The van der Waals surface area contributed by atoms with Crippen molar-refractivity contribution >= 4 is 27.5 Å². The average Bonchev–Trinajstić information content (AvgIpc) is 2.57. The average molecular weight is 270 g/mol. The summed E-state index contributed by atoms with van der Waals surface area (Å²) in [4.78, 5) is 18.6. The number of carboxylic acid groups (broad SMARTS) is 1. The molecule has 0 atom stereocenters. The predicted octanol–water partition coefficient (Wildman–Crippen LogP) is 1.51. The van der Waals surface area contributed by atoms with Crippen LogP contribution in [0.5, 0.6) is 0 Å². The standard InChI is InChI=1S/C9H8BrN3O2/c10-7-5-13-6(1-2-9(14)15)3-12-8(13)4-11-7/h3-5H,1-2H2,(H,14,15). The molecule has 0 saturated carbocycles. The highest BCUT2D eigenvalue weighted by molar-refractivity contribution is 9.10. The Kier molecular flexibility index (Phi) is 2.68. The van der Waals surface area contributed by atoms with Crippen molar-refractivity contribution in [1.82, 2.24) is 14.4 Å². The first-order valence-electron chi connectivity index (χ1n) is 4.36. The van der Waals surface area contributed by atoms with E-state index in [1.165, 1.54) is 0 Å². The maximum atomic E-state index is 10.4. The molecule has 0 radical (unpaired) electrons. The summed E-state index contributed by atoms with van der Waals surface area (Å²) in [7, 11) is 0. The molecule has 0 unspecified atom stereocenters. The summed E-state index contributed by atoms with van der Waals surface area (Å²) in [5.41, 5.74) is 1.59. The number of carboxylic acids is 1. The molecular formula is C9H8BrN3O2. The van der Waals surface area contributed by atoms with Crippen LogP contribution in [0, 0.1) is 0 Å². The second-order valence-corrected chi connectivity index (χ2v) is 3.89. The predicted molar refractivity (Wildman–Crippen MR) is 56.6 cm³/mol. The van der Waals surface area contributed by atoms with Crippen molar-refractivity contribution in [3.63, 3.8) is 0 Å². The van der Waals surface area contributed by atoms with Crippen LogP contribution < -0.4 is 0 Å². The van der Waals surface area contributed by atoms with Gasteiger partial charge in [-0.25, -0.2) is 9.97 Å². The van der Waals surface area contributed by atoms with Gasteiger partial charge in [-0.15, -0.1) is 0 Å². The fourth-order valence-electron chi connectivity index (χ4n) is 1.34. The van der Waals surface area contributed by atoms with E-state index in [9.17, 15) is 4.79 Å². The van der Waals surface area contributed by atoms with Crippen molar-refractivity contribution in [3.05, 3.63) is 28.9 Å². The molecule has 0 aromatic carbocycles. The van der Waals surface area contributed by atoms with E-state index < -0.39 is 5.97 Å². The molecule has 2 rings (SSSR count). The summed E-state index contributed by atoms with van der Waals surface area (Å²) >= 11 is 3.26. The number of aliphatic carboxylic acids is 1. The molecule has 0 spiro atoms. The zero-order chi connectivity index (χ0) is 10.8. The number of nitrogens with zero attached hydrogens (tertiary/aromatic N) is 3. The monoisotopic (exact) mass is 269 g/mol. The summed E-state index contributed by atoms with van der Waals surface area (Å²) in [5.74, 6) is -0.807. The Labute approximate surface area is 93.9 Å². The van der Waals surface area contributed by atoms with Gasteiger partial charge in [0.05, 0.1) is 12.6 Å². The number of aromatic nitrogens is 3. The Morgan fingerprint density at radius 1 is 1.47 bits per heavy atom. The number of imidazole rings is 1. The van der Waals surface area contributed by atoms with E-state index in [2.05, 4.69) is 25.9 Å². The van der Waals surface area contributed by atoms with E-state index in [0.29, 0.717) is 11.0 Å². The largest absolute Gasteiger partial charge is 0.481 e. The van der Waals surface area contributed by atoms with Gasteiger partial charge in [-0.2, -0.15) is 0 Å². The molecule has 0 amide bonds. The number of hydrogen-bond donors (Lipinski definition) is 1. The fraction of sp³-hybridized carbons (Fsp3) is 0.222. The van der Waals surface area contributed by atoms with Gasteiger partial charge in [0, 0.05) is 24.5 Å². The third kappa shape index (κ3) is 2.15. The van der Waals surface area contributed by atoms with Gasteiger partial charge in [0.15, 0.2) is 5.65 Å². The van der Waals surface area contributed by atoms with Gasteiger partial charge in [0.25, 0.3) is 0 Å². The van der Waals surface area contributed by atoms with Crippen LogP contribution in [0.25, 0.3) is 5.65 Å². The first-order chi connectivity index (χ1) is 7.16. The van der Waals surface area contributed by atoms with E-state index in [1.54, 1.807) is 18.6 Å². The van der Waals surface area contributed by atoms with Crippen molar-refractivity contribution in [1.29, 1.82) is 0 Å². The van der Waals surface area contributed by atoms with Crippen molar-refractivity contribution in [3.8, 4) is 0 Å². The number of carbonyl (C=O) groups is 1. The second-order valence-electron chi connectivity index (χ2n) is 3.08. The molecule has 2 aromatic heterocycles. The lowest BCUT2D eigenvalue weighted by atomic mass is 10.2. The van der Waals surface area contributed by atoms with E-state index >= 15 is 0 Å². The molecule has 5 nitrogen and oxygen atoms in total. The van der Waals surface area contributed by atoms with Crippen molar-refractivity contribution in [2.24, 2.45) is 0 Å². The Balaban J connectivity index is 2.35. The number of aryl methyl sites for hydroxylation is 1. The lowest BCUT2D eigenvalue weighted by Crippen LogP contribution is -2.00. The molecule has 1 N–H and O–H groups in total. The zero-order valence-corrected chi connectivity index (χ0v) is 9.31. The summed E-state index contributed by atoms with van der Waals surface area (Å²) in [5, 5.41) is 8.59. The Morgan fingerprint density at radius 3 is 3.00 bits per heavy atom. The molecule has 15 heavy (non-hydrogen) atoms. The van der Waals surface area contributed by atoms with E-state index in [4.69, 9.17) is 5.11 Å². The lowest BCUT2D eigenvalue weighted by Gasteiger charge is -1.99. The Hall–Kier alpha value is -1.43. The molecule has 0 saturated heterocycles. The van der Waals surface area contributed by atoms with Gasteiger partial charge in [0.2, 0.25) is 0 Å². The SMILES string of the molecule is O=C(O)CCc1cnc2cnc(Br)cn12. The molecule has 2 aromatic rings. The van der Waals surface area contributed by atoms with E-state index in [1.807, 2.05) is 4.40 Å². The fourth-order valence-corrected chi connectivity index (χ4v) is 1.64. The Bertz CT molecular complexity index is 509. The minimum absolute atomic E-state index is 0.105. The van der Waals surface area contributed by atoms with Gasteiger partial charge in [0.1, 0.15) is 4.60 Å². The normalized spacial score (nSPS) is 10.7. The molecule has 6 heteroatoms. The number of rotatable bonds is 3. The van der Waals surface area contributed by atoms with Crippen LogP contribution in [-0.2, 0) is 11.2 Å². The molecule has 0 aliphatic heterocycles. The summed E-state index contributed by atoms with van der Waals surface area (Å²) < 4.78 is 2.53. The third-order valence-corrected chi connectivity index (χ3v) is 2.45. The van der Waals surface area contributed by atoms with E-state index in [0.717, 1.165) is 11.3 Å². The van der Waals surface area contributed by atoms with Gasteiger partial charge in [-0.05, 0) is 15.9 Å². The van der Waals surface area contributed by atoms with Crippen LogP contribution in [0.3, 0.4) is 0 Å². The molecule has 2 heterocycles. The summed E-state index contributed by atoms with van der Waals surface area (Å²) in [6.07, 6.45) is 5.65. The molecule has 78 valence electrons. The molecular weight excluding hydrogens is 262 g/mol.